The molecule has 152 valence electrons. The van der Waals surface area contributed by atoms with Crippen LogP contribution < -0.4 is 5.32 Å². The number of carboxylic acids is 1. The number of carboxylic acid groups (broad SMARTS) is 1. The van der Waals surface area contributed by atoms with Gasteiger partial charge in [-0.05, 0) is 33.3 Å². The number of carbonyl (C=O) groups is 2. The summed E-state index contributed by atoms with van der Waals surface area (Å²) < 4.78 is 41.4. The molecule has 0 aliphatic carbocycles. The Morgan fingerprint density at radius 1 is 1.11 bits per heavy atom. The first kappa shape index (κ1) is 21.5. The lowest BCUT2D eigenvalue weighted by atomic mass is 9.82. The van der Waals surface area contributed by atoms with Crippen LogP contribution in [0.2, 0.25) is 0 Å². The SMILES string of the molecule is CC(CNC(=O)c1cnn(C(C)(C)C)c1C(F)(F)F)(C(=O)O)c1ccccc1. The van der Waals surface area contributed by atoms with E-state index in [-0.39, 0.29) is 6.54 Å². The topological polar surface area (TPSA) is 84.2 Å². The van der Waals surface area contributed by atoms with Gasteiger partial charge in [0.2, 0.25) is 0 Å². The number of carbonyl (C=O) groups excluding carboxylic acids is 1. The number of aromatic nitrogens is 2. The molecular formula is C19H22F3N3O3. The van der Waals surface area contributed by atoms with E-state index in [1.165, 1.54) is 27.7 Å². The van der Waals surface area contributed by atoms with Gasteiger partial charge in [0.15, 0.2) is 5.69 Å². The summed E-state index contributed by atoms with van der Waals surface area (Å²) >= 11 is 0. The second kappa shape index (κ2) is 7.29. The Bertz CT molecular complexity index is 870. The monoisotopic (exact) mass is 397 g/mol. The minimum Gasteiger partial charge on any atom is -0.481 e. The fraction of sp³-hybridized carbons (Fsp3) is 0.421. The van der Waals surface area contributed by atoms with Crippen LogP contribution in [0.4, 0.5) is 13.2 Å². The van der Waals surface area contributed by atoms with Crippen LogP contribution >= 0.6 is 0 Å². The number of benzene rings is 1. The summed E-state index contributed by atoms with van der Waals surface area (Å²) in [5.41, 5.74) is -3.90. The van der Waals surface area contributed by atoms with E-state index in [4.69, 9.17) is 0 Å². The Morgan fingerprint density at radius 2 is 1.68 bits per heavy atom. The van der Waals surface area contributed by atoms with Crippen molar-refractivity contribution in [3.8, 4) is 0 Å². The minimum atomic E-state index is -4.80. The standard InChI is InChI=1S/C19H22F3N3O3/c1-17(2,3)25-14(19(20,21)22)13(10-24-25)15(26)23-11-18(4,16(27)28)12-8-6-5-7-9-12/h5-10H,11H2,1-4H3,(H,23,26)(H,27,28). The fourth-order valence-electron chi connectivity index (χ4n) is 2.76. The van der Waals surface area contributed by atoms with E-state index in [2.05, 4.69) is 10.4 Å². The van der Waals surface area contributed by atoms with Crippen molar-refractivity contribution in [3.63, 3.8) is 0 Å². The third kappa shape index (κ3) is 4.18. The highest BCUT2D eigenvalue weighted by atomic mass is 19.4. The molecule has 1 unspecified atom stereocenters. The second-order valence-corrected chi connectivity index (χ2v) is 7.67. The Hall–Kier alpha value is -2.84. The van der Waals surface area contributed by atoms with E-state index < -0.39 is 40.3 Å². The lowest BCUT2D eigenvalue weighted by Gasteiger charge is -2.26. The average Bonchev–Trinajstić information content (AvgIpc) is 3.06. The van der Waals surface area contributed by atoms with Gasteiger partial charge in [-0.3, -0.25) is 14.3 Å². The largest absolute Gasteiger partial charge is 0.481 e. The van der Waals surface area contributed by atoms with Crippen molar-refractivity contribution >= 4 is 11.9 Å². The average molecular weight is 397 g/mol. The number of hydrogen-bond acceptors (Lipinski definition) is 3. The number of amides is 1. The van der Waals surface area contributed by atoms with Crippen molar-refractivity contribution in [1.29, 1.82) is 0 Å². The summed E-state index contributed by atoms with van der Waals surface area (Å²) in [7, 11) is 0. The van der Waals surface area contributed by atoms with Crippen LogP contribution in [0.3, 0.4) is 0 Å². The third-order valence-electron chi connectivity index (χ3n) is 4.40. The first-order valence-electron chi connectivity index (χ1n) is 8.51. The van der Waals surface area contributed by atoms with Crippen molar-refractivity contribution in [2.75, 3.05) is 6.54 Å². The molecule has 2 rings (SSSR count). The first-order chi connectivity index (χ1) is 12.8. The molecule has 0 radical (unpaired) electrons. The highest BCUT2D eigenvalue weighted by Gasteiger charge is 2.43. The number of aliphatic carboxylic acids is 1. The molecule has 0 spiro atoms. The molecule has 6 nitrogen and oxygen atoms in total. The third-order valence-corrected chi connectivity index (χ3v) is 4.40. The van der Waals surface area contributed by atoms with E-state index in [0.717, 1.165) is 10.9 Å². The summed E-state index contributed by atoms with van der Waals surface area (Å²) in [6, 6.07) is 8.17. The quantitative estimate of drug-likeness (QED) is 0.810. The molecule has 1 amide bonds. The van der Waals surface area contributed by atoms with Gasteiger partial charge in [0.25, 0.3) is 5.91 Å². The van der Waals surface area contributed by atoms with Crippen molar-refractivity contribution in [3.05, 3.63) is 53.3 Å². The lowest BCUT2D eigenvalue weighted by Crippen LogP contribution is -2.44. The van der Waals surface area contributed by atoms with Gasteiger partial charge in [-0.25, -0.2) is 0 Å². The van der Waals surface area contributed by atoms with E-state index in [9.17, 15) is 27.9 Å². The van der Waals surface area contributed by atoms with Crippen molar-refractivity contribution < 1.29 is 27.9 Å². The van der Waals surface area contributed by atoms with Crippen molar-refractivity contribution in [1.82, 2.24) is 15.1 Å². The minimum absolute atomic E-state index is 0.386. The van der Waals surface area contributed by atoms with Gasteiger partial charge in [0.1, 0.15) is 5.41 Å². The molecule has 0 bridgehead atoms. The van der Waals surface area contributed by atoms with Crippen LogP contribution in [0.1, 0.15) is 49.3 Å². The summed E-state index contributed by atoms with van der Waals surface area (Å²) in [4.78, 5) is 24.3. The molecule has 0 saturated heterocycles. The predicted octanol–water partition coefficient (Wildman–Crippen LogP) is 3.43. The van der Waals surface area contributed by atoms with Crippen LogP contribution in [-0.2, 0) is 21.9 Å². The van der Waals surface area contributed by atoms with Gasteiger partial charge in [-0.15, -0.1) is 0 Å². The van der Waals surface area contributed by atoms with Crippen molar-refractivity contribution in [2.45, 2.75) is 44.8 Å². The Labute approximate surface area is 160 Å². The van der Waals surface area contributed by atoms with Crippen LogP contribution in [0.25, 0.3) is 0 Å². The predicted molar refractivity (Wildman–Crippen MR) is 96.0 cm³/mol. The Balaban J connectivity index is 2.35. The number of nitrogens with one attached hydrogen (secondary N) is 1. The van der Waals surface area contributed by atoms with Gasteiger partial charge in [-0.2, -0.15) is 18.3 Å². The maximum atomic E-state index is 13.6. The maximum Gasteiger partial charge on any atom is 0.433 e. The molecule has 1 aromatic carbocycles. The summed E-state index contributed by atoms with van der Waals surface area (Å²) in [5.74, 6) is -2.24. The summed E-state index contributed by atoms with van der Waals surface area (Å²) in [6.45, 7) is 5.62. The second-order valence-electron chi connectivity index (χ2n) is 7.67. The van der Waals surface area contributed by atoms with E-state index in [1.54, 1.807) is 30.3 Å². The van der Waals surface area contributed by atoms with Gasteiger partial charge in [0.05, 0.1) is 17.3 Å². The number of hydrogen-bond donors (Lipinski definition) is 2. The Kier molecular flexibility index (Phi) is 5.59. The van der Waals surface area contributed by atoms with Crippen LogP contribution in [0, 0.1) is 0 Å². The molecule has 0 aliphatic heterocycles. The van der Waals surface area contributed by atoms with Crippen LogP contribution in [-0.4, -0.2) is 33.3 Å². The molecule has 2 N–H and O–H groups in total. The number of alkyl halides is 3. The number of nitrogens with zero attached hydrogens (tertiary/aromatic N) is 2. The van der Waals surface area contributed by atoms with Crippen LogP contribution in [0.5, 0.6) is 0 Å². The molecule has 0 fully saturated rings. The van der Waals surface area contributed by atoms with E-state index in [0.29, 0.717) is 5.56 Å². The first-order valence-corrected chi connectivity index (χ1v) is 8.51. The smallest absolute Gasteiger partial charge is 0.433 e. The van der Waals surface area contributed by atoms with Gasteiger partial charge in [-0.1, -0.05) is 30.3 Å². The number of rotatable bonds is 5. The molecule has 1 atom stereocenters. The zero-order chi connectivity index (χ0) is 21.3. The van der Waals surface area contributed by atoms with Crippen LogP contribution in [0.15, 0.2) is 36.5 Å². The molecule has 0 aliphatic rings. The van der Waals surface area contributed by atoms with Gasteiger partial charge < -0.3 is 10.4 Å². The zero-order valence-electron chi connectivity index (χ0n) is 16.0. The summed E-state index contributed by atoms with van der Waals surface area (Å²) in [6.07, 6.45) is -3.95. The lowest BCUT2D eigenvalue weighted by molar-refractivity contribution is -0.146. The Morgan fingerprint density at radius 3 is 2.14 bits per heavy atom. The number of halogens is 3. The molecule has 28 heavy (non-hydrogen) atoms. The van der Waals surface area contributed by atoms with Gasteiger partial charge in [0, 0.05) is 6.54 Å². The molecule has 9 heteroatoms. The fourth-order valence-corrected chi connectivity index (χ4v) is 2.76. The highest BCUT2D eigenvalue weighted by molar-refractivity contribution is 5.96. The summed E-state index contributed by atoms with van der Waals surface area (Å²) in [5, 5.41) is 15.7. The molecule has 2 aromatic rings. The highest BCUT2D eigenvalue weighted by Crippen LogP contribution is 2.35. The van der Waals surface area contributed by atoms with E-state index >= 15 is 0 Å². The maximum absolute atomic E-state index is 13.6. The zero-order valence-corrected chi connectivity index (χ0v) is 16.0. The molecular weight excluding hydrogens is 375 g/mol. The van der Waals surface area contributed by atoms with E-state index in [1.807, 2.05) is 0 Å². The molecule has 1 heterocycles. The normalized spacial score (nSPS) is 14.4. The molecule has 0 saturated carbocycles. The molecule has 1 aromatic heterocycles. The van der Waals surface area contributed by atoms with Crippen molar-refractivity contribution in [2.24, 2.45) is 0 Å². The van der Waals surface area contributed by atoms with Gasteiger partial charge >= 0.3 is 12.1 Å².